The topological polar surface area (TPSA) is 60.2 Å². The van der Waals surface area contributed by atoms with Gasteiger partial charge in [-0.05, 0) is 6.42 Å². The van der Waals surface area contributed by atoms with Crippen molar-refractivity contribution >= 4 is 11.7 Å². The van der Waals surface area contributed by atoms with Crippen LogP contribution in [0.15, 0.2) is 0 Å². The van der Waals surface area contributed by atoms with Crippen molar-refractivity contribution in [2.75, 3.05) is 0 Å². The van der Waals surface area contributed by atoms with Crippen molar-refractivity contribution in [2.24, 2.45) is 5.73 Å². The van der Waals surface area contributed by atoms with Gasteiger partial charge in [-0.15, -0.1) is 0 Å². The second kappa shape index (κ2) is 11.6. The van der Waals surface area contributed by atoms with Crippen molar-refractivity contribution in [1.29, 1.82) is 0 Å². The number of unbranched alkanes of at least 4 members (excludes halogenated alkanes) is 8. The third-order valence-electron chi connectivity index (χ3n) is 2.93. The third-order valence-corrected chi connectivity index (χ3v) is 2.93. The van der Waals surface area contributed by atoms with Crippen molar-refractivity contribution in [2.45, 2.75) is 77.6 Å². The number of carbonyl (C=O) groups is 2. The first kappa shape index (κ1) is 16.1. The van der Waals surface area contributed by atoms with Crippen molar-refractivity contribution in [3.8, 4) is 0 Å². The Balaban J connectivity index is 3.13. The van der Waals surface area contributed by atoms with Crippen molar-refractivity contribution < 1.29 is 9.59 Å². The van der Waals surface area contributed by atoms with E-state index >= 15 is 0 Å². The summed E-state index contributed by atoms with van der Waals surface area (Å²) in [6.07, 6.45) is 11.6. The van der Waals surface area contributed by atoms with Crippen LogP contribution in [-0.2, 0) is 9.59 Å². The van der Waals surface area contributed by atoms with E-state index in [1.165, 1.54) is 44.9 Å². The smallest absolute Gasteiger partial charge is 0.224 e. The van der Waals surface area contributed by atoms with Crippen LogP contribution in [0.3, 0.4) is 0 Å². The number of primary amides is 1. The Morgan fingerprint density at radius 3 is 1.76 bits per heavy atom. The molecule has 17 heavy (non-hydrogen) atoms. The normalized spacial score (nSPS) is 10.4. The number of hydrogen-bond acceptors (Lipinski definition) is 2. The van der Waals surface area contributed by atoms with Gasteiger partial charge >= 0.3 is 0 Å². The zero-order valence-electron chi connectivity index (χ0n) is 11.2. The molecule has 0 aromatic heterocycles. The molecule has 0 aliphatic rings. The Labute approximate surface area is 105 Å². The van der Waals surface area contributed by atoms with E-state index in [2.05, 4.69) is 6.92 Å². The fraction of sp³-hybridized carbons (Fsp3) is 0.857. The minimum atomic E-state index is -0.508. The van der Waals surface area contributed by atoms with E-state index in [0.29, 0.717) is 6.42 Å². The highest BCUT2D eigenvalue weighted by Gasteiger charge is 2.04. The van der Waals surface area contributed by atoms with Crippen LogP contribution in [0.1, 0.15) is 77.6 Å². The van der Waals surface area contributed by atoms with Gasteiger partial charge in [0.25, 0.3) is 0 Å². The van der Waals surface area contributed by atoms with Crippen LogP contribution in [0, 0.1) is 0 Å². The summed E-state index contributed by atoms with van der Waals surface area (Å²) in [4.78, 5) is 21.6. The molecule has 0 saturated carbocycles. The molecule has 0 rings (SSSR count). The van der Waals surface area contributed by atoms with Gasteiger partial charge in [0.05, 0.1) is 6.42 Å². The molecule has 0 aromatic rings. The fourth-order valence-electron chi connectivity index (χ4n) is 1.92. The van der Waals surface area contributed by atoms with E-state index in [4.69, 9.17) is 5.73 Å². The number of carbonyl (C=O) groups excluding carboxylic acids is 2. The Kier molecular flexibility index (Phi) is 11.0. The van der Waals surface area contributed by atoms with E-state index in [1.54, 1.807) is 0 Å². The molecule has 0 spiro atoms. The van der Waals surface area contributed by atoms with E-state index in [9.17, 15) is 9.59 Å². The molecule has 2 N–H and O–H groups in total. The quantitative estimate of drug-likeness (QED) is 0.421. The SMILES string of the molecule is CCCCCCCCCCCC(=O)CC(N)=O. The molecule has 0 saturated heterocycles. The minimum Gasteiger partial charge on any atom is -0.369 e. The van der Waals surface area contributed by atoms with E-state index < -0.39 is 5.91 Å². The number of ketones is 1. The van der Waals surface area contributed by atoms with Gasteiger partial charge in [0, 0.05) is 6.42 Å². The molecule has 0 aromatic carbocycles. The van der Waals surface area contributed by atoms with E-state index in [1.807, 2.05) is 0 Å². The highest BCUT2D eigenvalue weighted by atomic mass is 16.2. The first-order chi connectivity index (χ1) is 8.16. The summed E-state index contributed by atoms with van der Waals surface area (Å²) in [6.45, 7) is 2.23. The summed E-state index contributed by atoms with van der Waals surface area (Å²) in [5.41, 5.74) is 4.94. The van der Waals surface area contributed by atoms with Crippen LogP contribution >= 0.6 is 0 Å². The molecule has 100 valence electrons. The summed E-state index contributed by atoms with van der Waals surface area (Å²) in [5.74, 6) is -0.522. The van der Waals surface area contributed by atoms with Gasteiger partial charge in [0.15, 0.2) is 0 Å². The largest absolute Gasteiger partial charge is 0.369 e. The molecule has 3 nitrogen and oxygen atoms in total. The van der Waals surface area contributed by atoms with Gasteiger partial charge in [-0.3, -0.25) is 9.59 Å². The maximum Gasteiger partial charge on any atom is 0.224 e. The van der Waals surface area contributed by atoms with Crippen LogP contribution in [0.2, 0.25) is 0 Å². The Bertz CT molecular complexity index is 214. The second-order valence-electron chi connectivity index (χ2n) is 4.76. The molecular formula is C14H27NO2. The van der Waals surface area contributed by atoms with Crippen LogP contribution in [0.4, 0.5) is 0 Å². The number of rotatable bonds is 12. The zero-order valence-corrected chi connectivity index (χ0v) is 11.2. The maximum absolute atomic E-state index is 11.2. The van der Waals surface area contributed by atoms with Gasteiger partial charge in [0.1, 0.15) is 5.78 Å². The summed E-state index contributed by atoms with van der Waals surface area (Å²) in [5, 5.41) is 0. The Morgan fingerprint density at radius 2 is 1.29 bits per heavy atom. The lowest BCUT2D eigenvalue weighted by atomic mass is 10.0. The zero-order chi connectivity index (χ0) is 12.9. The lowest BCUT2D eigenvalue weighted by Crippen LogP contribution is -2.15. The van der Waals surface area contributed by atoms with Crippen molar-refractivity contribution in [1.82, 2.24) is 0 Å². The number of Topliss-reactive ketones (excluding diaryl/α,β-unsaturated/α-hetero) is 1. The molecule has 3 heteroatoms. The van der Waals surface area contributed by atoms with Crippen molar-refractivity contribution in [3.63, 3.8) is 0 Å². The highest BCUT2D eigenvalue weighted by molar-refractivity contribution is 5.97. The van der Waals surface area contributed by atoms with Gasteiger partial charge in [-0.2, -0.15) is 0 Å². The lowest BCUT2D eigenvalue weighted by molar-refractivity contribution is -0.126. The average Bonchev–Trinajstić information content (AvgIpc) is 2.26. The molecule has 0 aliphatic heterocycles. The van der Waals surface area contributed by atoms with E-state index in [0.717, 1.165) is 12.8 Å². The molecule has 0 atom stereocenters. The Morgan fingerprint density at radius 1 is 0.824 bits per heavy atom. The summed E-state index contributed by atoms with van der Waals surface area (Å²) < 4.78 is 0. The molecular weight excluding hydrogens is 214 g/mol. The van der Waals surface area contributed by atoms with Crippen LogP contribution in [0.25, 0.3) is 0 Å². The maximum atomic E-state index is 11.2. The Hall–Kier alpha value is -0.860. The standard InChI is InChI=1S/C14H27NO2/c1-2-3-4-5-6-7-8-9-10-11-13(16)12-14(15)17/h2-12H2,1H3,(H2,15,17). The molecule has 0 unspecified atom stereocenters. The summed E-state index contributed by atoms with van der Waals surface area (Å²) >= 11 is 0. The first-order valence-electron chi connectivity index (χ1n) is 6.96. The lowest BCUT2D eigenvalue weighted by Gasteiger charge is -2.01. The van der Waals surface area contributed by atoms with Gasteiger partial charge in [-0.1, -0.05) is 58.3 Å². The average molecular weight is 241 g/mol. The number of nitrogens with two attached hydrogens (primary N) is 1. The van der Waals surface area contributed by atoms with Crippen molar-refractivity contribution in [3.05, 3.63) is 0 Å². The molecule has 0 heterocycles. The minimum absolute atomic E-state index is 0.0135. The van der Waals surface area contributed by atoms with Crippen LogP contribution < -0.4 is 5.73 Å². The predicted octanol–water partition coefficient (Wildman–Crippen LogP) is 3.35. The fourth-order valence-corrected chi connectivity index (χ4v) is 1.92. The number of amides is 1. The molecule has 0 radical (unpaired) electrons. The third kappa shape index (κ3) is 13.1. The predicted molar refractivity (Wildman–Crippen MR) is 70.7 cm³/mol. The summed E-state index contributed by atoms with van der Waals surface area (Å²) in [6, 6.07) is 0. The second-order valence-corrected chi connectivity index (χ2v) is 4.76. The summed E-state index contributed by atoms with van der Waals surface area (Å²) in [7, 11) is 0. The highest BCUT2D eigenvalue weighted by Crippen LogP contribution is 2.10. The molecule has 0 fully saturated rings. The van der Waals surface area contributed by atoms with Gasteiger partial charge in [0.2, 0.25) is 5.91 Å². The molecule has 0 bridgehead atoms. The number of hydrogen-bond donors (Lipinski definition) is 1. The first-order valence-corrected chi connectivity index (χ1v) is 6.96. The van der Waals surface area contributed by atoms with Gasteiger partial charge < -0.3 is 5.73 Å². The monoisotopic (exact) mass is 241 g/mol. The van der Waals surface area contributed by atoms with Crippen LogP contribution in [-0.4, -0.2) is 11.7 Å². The molecule has 0 aliphatic carbocycles. The van der Waals surface area contributed by atoms with Crippen LogP contribution in [0.5, 0.6) is 0 Å². The van der Waals surface area contributed by atoms with E-state index in [-0.39, 0.29) is 12.2 Å². The van der Waals surface area contributed by atoms with Gasteiger partial charge in [-0.25, -0.2) is 0 Å². The molecule has 1 amide bonds.